The van der Waals surface area contributed by atoms with Gasteiger partial charge in [0.1, 0.15) is 18.7 Å². The fourth-order valence-corrected chi connectivity index (χ4v) is 4.15. The summed E-state index contributed by atoms with van der Waals surface area (Å²) >= 11 is 6.48. The van der Waals surface area contributed by atoms with Gasteiger partial charge in [-0.1, -0.05) is 41.9 Å². The van der Waals surface area contributed by atoms with Gasteiger partial charge in [0.2, 0.25) is 0 Å². The molecule has 0 saturated heterocycles. The molecule has 2 atom stereocenters. The van der Waals surface area contributed by atoms with E-state index in [4.69, 9.17) is 22.1 Å². The zero-order valence-electron chi connectivity index (χ0n) is 22.0. The predicted octanol–water partition coefficient (Wildman–Crippen LogP) is 4.08. The van der Waals surface area contributed by atoms with Gasteiger partial charge in [0.25, 0.3) is 0 Å². The summed E-state index contributed by atoms with van der Waals surface area (Å²) in [6, 6.07) is 14.0. The van der Waals surface area contributed by atoms with Gasteiger partial charge in [-0.05, 0) is 43.0 Å². The van der Waals surface area contributed by atoms with Crippen LogP contribution in [0.15, 0.2) is 69.8 Å². The maximum atomic E-state index is 12.0. The van der Waals surface area contributed by atoms with Crippen molar-refractivity contribution in [2.45, 2.75) is 19.0 Å². The average molecular weight is 537 g/mol. The molecule has 0 radical (unpaired) electrons. The minimum absolute atomic E-state index is 0.190. The molecule has 2 aromatic carbocycles. The molecule has 0 aliphatic heterocycles. The van der Waals surface area contributed by atoms with Gasteiger partial charge in [-0.25, -0.2) is 4.99 Å². The lowest BCUT2D eigenvalue weighted by molar-refractivity contribution is -0.108. The standard InChI is InChI=1S/C27H33ClN8O2/c1-6-36(31-18-30-2)25-15-21(11-12-22(25)28)26(17-38-5)35(4)27(29)32-24(16-37)20-9-7-19(8-10-20)23-13-14-34(3)33-23/h7-16,18,24,26H,2,6,17H2,1,3-5H3,(H2,29,32)/b31-18-. The number of aromatic nitrogens is 2. The minimum Gasteiger partial charge on any atom is -0.382 e. The zero-order valence-corrected chi connectivity index (χ0v) is 22.8. The van der Waals surface area contributed by atoms with Crippen molar-refractivity contribution in [2.75, 3.05) is 32.3 Å². The normalized spacial score (nSPS) is 13.3. The summed E-state index contributed by atoms with van der Waals surface area (Å²) in [5.41, 5.74) is 10.5. The molecule has 0 fully saturated rings. The van der Waals surface area contributed by atoms with Gasteiger partial charge in [0.15, 0.2) is 5.96 Å². The third-order valence-electron chi connectivity index (χ3n) is 6.02. The number of hydrogen-bond donors (Lipinski definition) is 1. The van der Waals surface area contributed by atoms with Gasteiger partial charge >= 0.3 is 0 Å². The van der Waals surface area contributed by atoms with Crippen molar-refractivity contribution in [1.82, 2.24) is 14.7 Å². The lowest BCUT2D eigenvalue weighted by Crippen LogP contribution is -2.39. The largest absolute Gasteiger partial charge is 0.382 e. The van der Waals surface area contributed by atoms with Crippen LogP contribution >= 0.6 is 11.6 Å². The summed E-state index contributed by atoms with van der Waals surface area (Å²) < 4.78 is 7.24. The van der Waals surface area contributed by atoms with Crippen molar-refractivity contribution in [3.8, 4) is 11.3 Å². The second kappa shape index (κ2) is 13.5. The molecule has 0 bridgehead atoms. The van der Waals surface area contributed by atoms with Gasteiger partial charge in [-0.2, -0.15) is 10.2 Å². The van der Waals surface area contributed by atoms with Crippen LogP contribution in [0.3, 0.4) is 0 Å². The number of aryl methyl sites for hydroxylation is 1. The molecule has 0 amide bonds. The number of nitrogens with two attached hydrogens (primary N) is 1. The molecule has 1 heterocycles. The first-order valence-electron chi connectivity index (χ1n) is 12.0. The highest BCUT2D eigenvalue weighted by atomic mass is 35.5. The summed E-state index contributed by atoms with van der Waals surface area (Å²) in [5, 5.41) is 11.0. The monoisotopic (exact) mass is 536 g/mol. The topological polar surface area (TPSA) is 114 Å². The molecule has 2 unspecified atom stereocenters. The highest BCUT2D eigenvalue weighted by Crippen LogP contribution is 2.32. The number of anilines is 1. The number of aliphatic imine (C=N–C) groups is 2. The van der Waals surface area contributed by atoms with Gasteiger partial charge in [-0.15, -0.1) is 0 Å². The first-order chi connectivity index (χ1) is 18.3. The molecule has 1 aromatic heterocycles. The Morgan fingerprint density at radius 1 is 1.24 bits per heavy atom. The summed E-state index contributed by atoms with van der Waals surface area (Å²) in [4.78, 5) is 22.0. The third kappa shape index (κ3) is 6.84. The number of likely N-dealkylation sites (N-methyl/N-ethyl adjacent to an activating group) is 1. The van der Waals surface area contributed by atoms with Crippen LogP contribution in [0.1, 0.15) is 30.1 Å². The molecule has 200 valence electrons. The molecule has 0 aliphatic rings. The molecule has 38 heavy (non-hydrogen) atoms. The van der Waals surface area contributed by atoms with Crippen LogP contribution in [0.2, 0.25) is 5.02 Å². The Kier molecular flexibility index (Phi) is 10.1. The Morgan fingerprint density at radius 3 is 2.53 bits per heavy atom. The van der Waals surface area contributed by atoms with Gasteiger partial charge < -0.3 is 20.2 Å². The number of hydrogen-bond acceptors (Lipinski definition) is 6. The Morgan fingerprint density at radius 2 is 1.95 bits per heavy atom. The number of rotatable bonds is 12. The fourth-order valence-electron chi connectivity index (χ4n) is 3.93. The van der Waals surface area contributed by atoms with Gasteiger partial charge in [0.05, 0.1) is 29.1 Å². The van der Waals surface area contributed by atoms with Crippen molar-refractivity contribution < 1.29 is 9.53 Å². The second-order valence-corrected chi connectivity index (χ2v) is 8.89. The molecule has 0 saturated carbocycles. The van der Waals surface area contributed by atoms with E-state index in [0.29, 0.717) is 23.9 Å². The van der Waals surface area contributed by atoms with E-state index < -0.39 is 6.04 Å². The Balaban J connectivity index is 1.88. The van der Waals surface area contributed by atoms with Crippen molar-refractivity contribution in [1.29, 1.82) is 0 Å². The number of carbonyl (C=O) groups is 1. The van der Waals surface area contributed by atoms with E-state index in [2.05, 4.69) is 26.9 Å². The van der Waals surface area contributed by atoms with Crippen LogP contribution in [0, 0.1) is 0 Å². The van der Waals surface area contributed by atoms with Crippen molar-refractivity contribution in [3.05, 3.63) is 70.9 Å². The number of benzene rings is 2. The molecule has 3 aromatic rings. The van der Waals surface area contributed by atoms with Crippen molar-refractivity contribution in [2.24, 2.45) is 27.9 Å². The SMILES string of the molecule is C=N/C=N\N(CC)c1cc(C(COC)N(C)C(N)=NC(C=O)c2ccc(-c3ccn(C)n3)cc2)ccc1Cl. The first-order valence-corrected chi connectivity index (χ1v) is 12.4. The summed E-state index contributed by atoms with van der Waals surface area (Å²) in [7, 11) is 5.28. The number of carbonyl (C=O) groups excluding carboxylic acids is 1. The Bertz CT molecular complexity index is 1290. The smallest absolute Gasteiger partial charge is 0.192 e. The van der Waals surface area contributed by atoms with Gasteiger partial charge in [0, 0.05) is 39.5 Å². The third-order valence-corrected chi connectivity index (χ3v) is 6.34. The van der Waals surface area contributed by atoms with Crippen LogP contribution in [0.5, 0.6) is 0 Å². The average Bonchev–Trinajstić information content (AvgIpc) is 3.37. The van der Waals surface area contributed by atoms with Crippen LogP contribution in [-0.4, -0.2) is 67.3 Å². The molecule has 0 aliphatic carbocycles. The number of nitrogens with zero attached hydrogens (tertiary/aromatic N) is 7. The Labute approximate surface area is 228 Å². The molecular weight excluding hydrogens is 504 g/mol. The minimum atomic E-state index is -0.768. The lowest BCUT2D eigenvalue weighted by atomic mass is 10.0. The van der Waals surface area contributed by atoms with Crippen molar-refractivity contribution in [3.63, 3.8) is 0 Å². The fraction of sp³-hybridized carbons (Fsp3) is 0.296. The maximum absolute atomic E-state index is 12.0. The van der Waals surface area contributed by atoms with E-state index in [1.807, 2.05) is 62.6 Å². The zero-order chi connectivity index (χ0) is 27.7. The second-order valence-electron chi connectivity index (χ2n) is 8.49. The maximum Gasteiger partial charge on any atom is 0.192 e. The summed E-state index contributed by atoms with van der Waals surface area (Å²) in [6.45, 7) is 6.28. The van der Waals surface area contributed by atoms with Crippen LogP contribution in [0.4, 0.5) is 5.69 Å². The van der Waals surface area contributed by atoms with Crippen molar-refractivity contribution >= 4 is 42.6 Å². The summed E-state index contributed by atoms with van der Waals surface area (Å²) in [6.07, 6.45) is 4.01. The number of halogens is 1. The first kappa shape index (κ1) is 28.5. The van der Waals surface area contributed by atoms with E-state index >= 15 is 0 Å². The van der Waals surface area contributed by atoms with E-state index in [0.717, 1.165) is 28.7 Å². The number of ether oxygens (including phenoxy) is 1. The highest BCUT2D eigenvalue weighted by molar-refractivity contribution is 6.33. The van der Waals surface area contributed by atoms with Gasteiger partial charge in [-0.3, -0.25) is 14.7 Å². The highest BCUT2D eigenvalue weighted by Gasteiger charge is 2.22. The molecular formula is C27H33ClN8O2. The number of aldehydes is 1. The van der Waals surface area contributed by atoms with E-state index in [1.54, 1.807) is 34.8 Å². The molecule has 3 rings (SSSR count). The lowest BCUT2D eigenvalue weighted by Gasteiger charge is -2.30. The van der Waals surface area contributed by atoms with E-state index in [9.17, 15) is 4.79 Å². The number of hydrazone groups is 1. The molecule has 2 N–H and O–H groups in total. The Hall–Kier alpha value is -4.02. The summed E-state index contributed by atoms with van der Waals surface area (Å²) in [5.74, 6) is 0.190. The number of methoxy groups -OCH3 is 1. The molecule has 10 nitrogen and oxygen atoms in total. The molecule has 0 spiro atoms. The van der Waals surface area contributed by atoms with Crippen LogP contribution in [-0.2, 0) is 16.6 Å². The van der Waals surface area contributed by atoms with Crippen LogP contribution in [0.25, 0.3) is 11.3 Å². The number of guanidine groups is 1. The predicted molar refractivity (Wildman–Crippen MR) is 154 cm³/mol. The molecule has 11 heteroatoms. The quantitative estimate of drug-likeness (QED) is 0.161. The van der Waals surface area contributed by atoms with E-state index in [-0.39, 0.29) is 12.0 Å². The van der Waals surface area contributed by atoms with E-state index in [1.165, 1.54) is 6.34 Å². The van der Waals surface area contributed by atoms with Crippen LogP contribution < -0.4 is 10.7 Å².